The quantitative estimate of drug-likeness (QED) is 0.859. The number of rotatable bonds is 5. The molecule has 19 heavy (non-hydrogen) atoms. The molecule has 1 aromatic carbocycles. The summed E-state index contributed by atoms with van der Waals surface area (Å²) in [6, 6.07) is 6.25. The number of halogens is 2. The Morgan fingerprint density at radius 1 is 1.47 bits per heavy atom. The van der Waals surface area contributed by atoms with Crippen molar-refractivity contribution >= 4 is 34.2 Å². The topological polar surface area (TPSA) is 41.1 Å². The first-order valence-electron chi connectivity index (χ1n) is 6.37. The number of carbonyl (C=O) groups excluding carboxylic acids is 1. The van der Waals surface area contributed by atoms with Gasteiger partial charge in [0.2, 0.25) is 5.91 Å². The molecule has 1 fully saturated rings. The van der Waals surface area contributed by atoms with E-state index >= 15 is 0 Å². The second-order valence-corrected chi connectivity index (χ2v) is 5.77. The zero-order valence-corrected chi connectivity index (χ0v) is 13.4. The largest absolute Gasteiger partial charge is 0.356 e. The number of hydrogen-bond acceptors (Lipinski definition) is 2. The van der Waals surface area contributed by atoms with Crippen LogP contribution in [0.15, 0.2) is 22.7 Å². The van der Waals surface area contributed by atoms with Crippen molar-refractivity contribution in [2.24, 2.45) is 5.92 Å². The fourth-order valence-corrected chi connectivity index (χ4v) is 2.21. The van der Waals surface area contributed by atoms with E-state index in [4.69, 9.17) is 0 Å². The van der Waals surface area contributed by atoms with Crippen LogP contribution in [0.1, 0.15) is 17.5 Å². The molecule has 0 aromatic heterocycles. The number of benzene rings is 1. The fourth-order valence-electron chi connectivity index (χ4n) is 1.96. The molecular weight excluding hydrogens is 328 g/mol. The number of hydrogen-bond donors (Lipinski definition) is 2. The van der Waals surface area contributed by atoms with Gasteiger partial charge in [-0.2, -0.15) is 0 Å². The third kappa shape index (κ3) is 5.13. The van der Waals surface area contributed by atoms with E-state index in [9.17, 15) is 4.79 Å². The number of carbonyl (C=O) groups is 1. The second-order valence-electron chi connectivity index (χ2n) is 4.91. The van der Waals surface area contributed by atoms with Crippen LogP contribution in [0.25, 0.3) is 0 Å². The molecular formula is C14H20BrClN2O. The maximum absolute atomic E-state index is 11.7. The monoisotopic (exact) mass is 346 g/mol. The molecule has 1 aromatic rings. The molecule has 0 unspecified atom stereocenters. The summed E-state index contributed by atoms with van der Waals surface area (Å²) < 4.78 is 1.12. The van der Waals surface area contributed by atoms with E-state index in [1.807, 2.05) is 6.07 Å². The molecule has 1 amide bonds. The Bertz CT molecular complexity index is 435. The summed E-state index contributed by atoms with van der Waals surface area (Å²) in [4.78, 5) is 11.7. The Balaban J connectivity index is 0.00000180. The first-order valence-corrected chi connectivity index (χ1v) is 7.17. The van der Waals surface area contributed by atoms with E-state index < -0.39 is 0 Å². The first kappa shape index (κ1) is 16.5. The van der Waals surface area contributed by atoms with Gasteiger partial charge in [-0.3, -0.25) is 4.79 Å². The average molecular weight is 348 g/mol. The molecule has 2 N–H and O–H groups in total. The second kappa shape index (κ2) is 7.88. The van der Waals surface area contributed by atoms with Crippen LogP contribution in [-0.2, 0) is 11.2 Å². The molecule has 2 rings (SSSR count). The van der Waals surface area contributed by atoms with E-state index in [0.29, 0.717) is 12.3 Å². The molecule has 0 atom stereocenters. The molecule has 1 aliphatic rings. The van der Waals surface area contributed by atoms with Gasteiger partial charge in [0.1, 0.15) is 0 Å². The third-order valence-electron chi connectivity index (χ3n) is 3.32. The van der Waals surface area contributed by atoms with Gasteiger partial charge in [-0.05, 0) is 30.5 Å². The highest BCUT2D eigenvalue weighted by Crippen LogP contribution is 2.17. The molecule has 0 bridgehead atoms. The van der Waals surface area contributed by atoms with Crippen molar-refractivity contribution in [2.45, 2.75) is 19.8 Å². The smallest absolute Gasteiger partial charge is 0.220 e. The van der Waals surface area contributed by atoms with Gasteiger partial charge >= 0.3 is 0 Å². The highest BCUT2D eigenvalue weighted by atomic mass is 79.9. The summed E-state index contributed by atoms with van der Waals surface area (Å²) >= 11 is 3.48. The lowest BCUT2D eigenvalue weighted by Gasteiger charge is -2.27. The first-order chi connectivity index (χ1) is 8.65. The number of nitrogens with one attached hydrogen (secondary N) is 2. The lowest BCUT2D eigenvalue weighted by Crippen LogP contribution is -2.48. The predicted molar refractivity (Wildman–Crippen MR) is 83.8 cm³/mol. The summed E-state index contributed by atoms with van der Waals surface area (Å²) in [6.07, 6.45) is 1.38. The summed E-state index contributed by atoms with van der Waals surface area (Å²) in [6.45, 7) is 4.95. The Hall–Kier alpha value is -0.580. The third-order valence-corrected chi connectivity index (χ3v) is 4.21. The van der Waals surface area contributed by atoms with Crippen LogP contribution in [0.5, 0.6) is 0 Å². The zero-order chi connectivity index (χ0) is 13.0. The molecule has 0 aliphatic carbocycles. The molecule has 0 spiro atoms. The standard InChI is InChI=1S/C14H19BrN2O.ClH/c1-10-6-11(2-4-13(10)15)3-5-14(18)17-9-12-7-16-8-12;/h2,4,6,12,16H,3,5,7-9H2,1H3,(H,17,18);1H. The average Bonchev–Trinajstić information content (AvgIpc) is 2.29. The lowest BCUT2D eigenvalue weighted by atomic mass is 10.0. The van der Waals surface area contributed by atoms with Gasteiger partial charge in [-0.15, -0.1) is 12.4 Å². The van der Waals surface area contributed by atoms with Gasteiger partial charge in [-0.25, -0.2) is 0 Å². The maximum Gasteiger partial charge on any atom is 0.220 e. The van der Waals surface area contributed by atoms with Crippen LogP contribution in [-0.4, -0.2) is 25.5 Å². The van der Waals surface area contributed by atoms with E-state index in [1.165, 1.54) is 11.1 Å². The SMILES string of the molecule is Cc1cc(CCC(=O)NCC2CNC2)ccc1Br.Cl. The minimum atomic E-state index is 0. The van der Waals surface area contributed by atoms with Crippen LogP contribution >= 0.6 is 28.3 Å². The molecule has 1 heterocycles. The van der Waals surface area contributed by atoms with Gasteiger partial charge in [0.05, 0.1) is 0 Å². The van der Waals surface area contributed by atoms with Gasteiger partial charge < -0.3 is 10.6 Å². The highest BCUT2D eigenvalue weighted by Gasteiger charge is 2.16. The normalized spacial score (nSPS) is 14.4. The molecule has 5 heteroatoms. The Morgan fingerprint density at radius 2 is 2.21 bits per heavy atom. The molecule has 1 aliphatic heterocycles. The number of aryl methyl sites for hydroxylation is 2. The molecule has 0 saturated carbocycles. The van der Waals surface area contributed by atoms with Crippen molar-refractivity contribution in [1.29, 1.82) is 0 Å². The minimum Gasteiger partial charge on any atom is -0.356 e. The van der Waals surface area contributed by atoms with Gasteiger partial charge in [0.25, 0.3) is 0 Å². The van der Waals surface area contributed by atoms with E-state index in [0.717, 1.165) is 30.5 Å². The Labute approximate surface area is 129 Å². The Morgan fingerprint density at radius 3 is 2.79 bits per heavy atom. The molecule has 3 nitrogen and oxygen atoms in total. The van der Waals surface area contributed by atoms with Gasteiger partial charge in [0, 0.05) is 36.4 Å². The van der Waals surface area contributed by atoms with Crippen LogP contribution < -0.4 is 10.6 Å². The van der Waals surface area contributed by atoms with E-state index in [-0.39, 0.29) is 18.3 Å². The molecule has 0 radical (unpaired) electrons. The van der Waals surface area contributed by atoms with Crippen molar-refractivity contribution in [3.63, 3.8) is 0 Å². The number of amides is 1. The predicted octanol–water partition coefficient (Wildman–Crippen LogP) is 2.45. The van der Waals surface area contributed by atoms with Crippen LogP contribution in [0, 0.1) is 12.8 Å². The summed E-state index contributed by atoms with van der Waals surface area (Å²) in [5.74, 6) is 0.784. The van der Waals surface area contributed by atoms with Crippen LogP contribution in [0.4, 0.5) is 0 Å². The zero-order valence-electron chi connectivity index (χ0n) is 11.0. The van der Waals surface area contributed by atoms with Crippen molar-refractivity contribution < 1.29 is 4.79 Å². The van der Waals surface area contributed by atoms with Crippen molar-refractivity contribution in [2.75, 3.05) is 19.6 Å². The maximum atomic E-state index is 11.7. The minimum absolute atomic E-state index is 0. The fraction of sp³-hybridized carbons (Fsp3) is 0.500. The highest BCUT2D eigenvalue weighted by molar-refractivity contribution is 9.10. The van der Waals surface area contributed by atoms with Crippen LogP contribution in [0.2, 0.25) is 0 Å². The summed E-state index contributed by atoms with van der Waals surface area (Å²) in [5.41, 5.74) is 2.43. The summed E-state index contributed by atoms with van der Waals surface area (Å²) in [5, 5.41) is 6.19. The van der Waals surface area contributed by atoms with E-state index in [2.05, 4.69) is 45.6 Å². The van der Waals surface area contributed by atoms with E-state index in [1.54, 1.807) is 0 Å². The van der Waals surface area contributed by atoms with Crippen molar-refractivity contribution in [3.8, 4) is 0 Å². The van der Waals surface area contributed by atoms with Crippen LogP contribution in [0.3, 0.4) is 0 Å². The van der Waals surface area contributed by atoms with Gasteiger partial charge in [0.15, 0.2) is 0 Å². The van der Waals surface area contributed by atoms with Crippen molar-refractivity contribution in [3.05, 3.63) is 33.8 Å². The van der Waals surface area contributed by atoms with Gasteiger partial charge in [-0.1, -0.05) is 28.1 Å². The molecule has 1 saturated heterocycles. The lowest BCUT2D eigenvalue weighted by molar-refractivity contribution is -0.121. The molecule has 106 valence electrons. The van der Waals surface area contributed by atoms with Crippen molar-refractivity contribution in [1.82, 2.24) is 10.6 Å². The summed E-state index contributed by atoms with van der Waals surface area (Å²) in [7, 11) is 0. The Kier molecular flexibility index (Phi) is 6.83.